The van der Waals surface area contributed by atoms with Crippen molar-refractivity contribution in [3.05, 3.63) is 85.2 Å². The minimum absolute atomic E-state index is 0.00830. The Morgan fingerprint density at radius 3 is 2.45 bits per heavy atom. The molecule has 4 rings (SSSR count). The molecule has 1 atom stereocenters. The summed E-state index contributed by atoms with van der Waals surface area (Å²) in [6, 6.07) is 14.9. The fraction of sp³-hybridized carbons (Fsp3) is 0.238. The molecule has 3 aromatic rings. The van der Waals surface area contributed by atoms with Crippen LogP contribution >= 0.6 is 22.6 Å². The highest BCUT2D eigenvalue weighted by Gasteiger charge is 2.32. The van der Waals surface area contributed by atoms with Gasteiger partial charge in [0.15, 0.2) is 0 Å². The number of anilines is 1. The van der Waals surface area contributed by atoms with Crippen LogP contribution in [0.3, 0.4) is 0 Å². The number of non-ortho nitro benzene ring substituents is 1. The van der Waals surface area contributed by atoms with E-state index in [1.165, 1.54) is 15.7 Å². The van der Waals surface area contributed by atoms with Crippen LogP contribution < -0.4 is 5.01 Å². The van der Waals surface area contributed by atoms with Crippen molar-refractivity contribution in [2.75, 3.05) is 5.01 Å². The molecule has 2 heterocycles. The molecule has 148 valence electrons. The second-order valence-electron chi connectivity index (χ2n) is 6.92. The van der Waals surface area contributed by atoms with Gasteiger partial charge in [-0.25, -0.2) is 0 Å². The van der Waals surface area contributed by atoms with Crippen molar-refractivity contribution in [2.45, 2.75) is 32.9 Å². The van der Waals surface area contributed by atoms with E-state index in [1.54, 1.807) is 12.1 Å². The van der Waals surface area contributed by atoms with Gasteiger partial charge in [0, 0.05) is 40.4 Å². The Hall–Kier alpha value is -2.75. The van der Waals surface area contributed by atoms with Crippen LogP contribution in [-0.4, -0.2) is 20.4 Å². The Morgan fingerprint density at radius 2 is 1.86 bits per heavy atom. The molecule has 0 N–H and O–H groups in total. The molecule has 7 nitrogen and oxygen atoms in total. The largest absolute Gasteiger partial charge is 0.272 e. The van der Waals surface area contributed by atoms with Crippen molar-refractivity contribution in [1.29, 1.82) is 0 Å². The van der Waals surface area contributed by atoms with E-state index >= 15 is 0 Å². The number of hydrazone groups is 1. The molecule has 0 fully saturated rings. The maximum Gasteiger partial charge on any atom is 0.269 e. The van der Waals surface area contributed by atoms with Gasteiger partial charge >= 0.3 is 0 Å². The summed E-state index contributed by atoms with van der Waals surface area (Å²) in [7, 11) is 0. The fourth-order valence-corrected chi connectivity index (χ4v) is 3.92. The van der Waals surface area contributed by atoms with Crippen molar-refractivity contribution >= 4 is 39.7 Å². The summed E-state index contributed by atoms with van der Waals surface area (Å²) in [4.78, 5) is 10.6. The molecule has 1 aromatic heterocycles. The molecule has 0 saturated carbocycles. The van der Waals surface area contributed by atoms with Crippen molar-refractivity contribution in [3.8, 4) is 0 Å². The Morgan fingerprint density at radius 1 is 1.17 bits per heavy atom. The second kappa shape index (κ2) is 7.94. The van der Waals surface area contributed by atoms with Crippen LogP contribution in [0, 0.1) is 20.6 Å². The number of nitro benzene ring substituents is 1. The quantitative estimate of drug-likeness (QED) is 0.278. The lowest BCUT2D eigenvalue weighted by Crippen LogP contribution is -2.18. The normalized spacial score (nSPS) is 16.2. The van der Waals surface area contributed by atoms with Crippen molar-refractivity contribution in [1.82, 2.24) is 9.78 Å². The van der Waals surface area contributed by atoms with Crippen LogP contribution in [0.1, 0.15) is 36.2 Å². The van der Waals surface area contributed by atoms with Gasteiger partial charge in [-0.3, -0.25) is 19.8 Å². The maximum atomic E-state index is 11.0. The van der Waals surface area contributed by atoms with E-state index in [9.17, 15) is 10.1 Å². The number of nitro groups is 1. The summed E-state index contributed by atoms with van der Waals surface area (Å²) >= 11 is 2.29. The minimum Gasteiger partial charge on any atom is -0.272 e. The second-order valence-corrected chi connectivity index (χ2v) is 8.16. The Kier molecular flexibility index (Phi) is 5.35. The van der Waals surface area contributed by atoms with Crippen LogP contribution in [0.2, 0.25) is 0 Å². The molecule has 0 saturated heterocycles. The predicted molar refractivity (Wildman–Crippen MR) is 121 cm³/mol. The third kappa shape index (κ3) is 3.89. The molecule has 0 unspecified atom stereocenters. The van der Waals surface area contributed by atoms with E-state index in [0.29, 0.717) is 0 Å². The Bertz CT molecular complexity index is 1070. The zero-order valence-electron chi connectivity index (χ0n) is 16.1. The highest BCUT2D eigenvalue weighted by atomic mass is 127. The SMILES string of the molecule is CCn1cc([C@H]2CC(c3ccc(I)cc3)=NN2c2ccc([N+](=O)[O-])cc2)c(C)n1. The summed E-state index contributed by atoms with van der Waals surface area (Å²) in [5.41, 5.74) is 5.07. The standard InChI is InChI=1S/C21H20IN5O2/c1-3-25-13-19(14(2)23-25)21-12-20(15-4-6-16(22)7-5-15)24-26(21)17-8-10-18(11-9-17)27(28)29/h4-11,13,21H,3,12H2,1-2H3/t21-/m1/s1. The number of benzene rings is 2. The number of aromatic nitrogens is 2. The molecule has 2 aromatic carbocycles. The molecule has 0 spiro atoms. The number of halogens is 1. The topological polar surface area (TPSA) is 76.6 Å². The van der Waals surface area contributed by atoms with Crippen LogP contribution in [0.25, 0.3) is 0 Å². The summed E-state index contributed by atoms with van der Waals surface area (Å²) < 4.78 is 3.11. The van der Waals surface area contributed by atoms with E-state index in [1.807, 2.05) is 16.6 Å². The molecule has 0 radical (unpaired) electrons. The molecular weight excluding hydrogens is 481 g/mol. The van der Waals surface area contributed by atoms with Gasteiger partial charge in [-0.2, -0.15) is 10.2 Å². The summed E-state index contributed by atoms with van der Waals surface area (Å²) in [6.07, 6.45) is 2.82. The lowest BCUT2D eigenvalue weighted by Gasteiger charge is -2.23. The first-order chi connectivity index (χ1) is 14.0. The van der Waals surface area contributed by atoms with Crippen LogP contribution in [0.4, 0.5) is 11.4 Å². The highest BCUT2D eigenvalue weighted by molar-refractivity contribution is 14.1. The summed E-state index contributed by atoms with van der Waals surface area (Å²) in [6.45, 7) is 4.88. The van der Waals surface area contributed by atoms with Gasteiger partial charge in [-0.05, 0) is 66.3 Å². The zero-order valence-corrected chi connectivity index (χ0v) is 18.3. The first-order valence-corrected chi connectivity index (χ1v) is 10.4. The van der Waals surface area contributed by atoms with E-state index in [4.69, 9.17) is 5.10 Å². The first-order valence-electron chi connectivity index (χ1n) is 9.37. The van der Waals surface area contributed by atoms with Crippen LogP contribution in [0.5, 0.6) is 0 Å². The average Bonchev–Trinajstić information content (AvgIpc) is 3.32. The van der Waals surface area contributed by atoms with Gasteiger partial charge in [0.2, 0.25) is 0 Å². The van der Waals surface area contributed by atoms with Crippen LogP contribution in [0.15, 0.2) is 59.8 Å². The minimum atomic E-state index is -0.388. The lowest BCUT2D eigenvalue weighted by molar-refractivity contribution is -0.384. The number of rotatable bonds is 5. The lowest BCUT2D eigenvalue weighted by atomic mass is 9.99. The summed E-state index contributed by atoms with van der Waals surface area (Å²) in [5, 5.41) is 22.5. The molecular formula is C21H20IN5O2. The predicted octanol–water partition coefficient (Wildman–Crippen LogP) is 5.08. The molecule has 8 heteroatoms. The van der Waals surface area contributed by atoms with Crippen molar-refractivity contribution in [3.63, 3.8) is 0 Å². The summed E-state index contributed by atoms with van der Waals surface area (Å²) in [5.74, 6) is 0. The third-order valence-corrected chi connectivity index (χ3v) is 5.80. The maximum absolute atomic E-state index is 11.0. The molecule has 0 amide bonds. The molecule has 0 bridgehead atoms. The van der Waals surface area contributed by atoms with E-state index in [2.05, 4.69) is 65.1 Å². The molecule has 0 aliphatic carbocycles. The monoisotopic (exact) mass is 501 g/mol. The van der Waals surface area contributed by atoms with Gasteiger partial charge in [0.05, 0.1) is 28.1 Å². The van der Waals surface area contributed by atoms with E-state index < -0.39 is 0 Å². The number of hydrogen-bond donors (Lipinski definition) is 0. The van der Waals surface area contributed by atoms with E-state index in [-0.39, 0.29) is 16.7 Å². The van der Waals surface area contributed by atoms with Gasteiger partial charge in [0.1, 0.15) is 0 Å². The number of aryl methyl sites for hydroxylation is 2. The Balaban J connectivity index is 1.75. The molecule has 29 heavy (non-hydrogen) atoms. The van der Waals surface area contributed by atoms with Gasteiger partial charge < -0.3 is 0 Å². The van der Waals surface area contributed by atoms with E-state index in [0.717, 1.165) is 41.2 Å². The number of hydrogen-bond acceptors (Lipinski definition) is 5. The highest BCUT2D eigenvalue weighted by Crippen LogP contribution is 2.38. The Labute approximate surface area is 182 Å². The van der Waals surface area contributed by atoms with Gasteiger partial charge in [-0.15, -0.1) is 0 Å². The van der Waals surface area contributed by atoms with Crippen molar-refractivity contribution < 1.29 is 4.92 Å². The van der Waals surface area contributed by atoms with Crippen LogP contribution in [-0.2, 0) is 6.54 Å². The smallest absolute Gasteiger partial charge is 0.269 e. The number of nitrogens with zero attached hydrogens (tertiary/aromatic N) is 5. The van der Waals surface area contributed by atoms with Gasteiger partial charge in [-0.1, -0.05) is 12.1 Å². The average molecular weight is 501 g/mol. The zero-order chi connectivity index (χ0) is 20.5. The first kappa shape index (κ1) is 19.6. The fourth-order valence-electron chi connectivity index (χ4n) is 3.56. The molecule has 1 aliphatic heterocycles. The van der Waals surface area contributed by atoms with Crippen molar-refractivity contribution in [2.24, 2.45) is 5.10 Å². The third-order valence-electron chi connectivity index (χ3n) is 5.08. The molecule has 1 aliphatic rings. The van der Waals surface area contributed by atoms with Gasteiger partial charge in [0.25, 0.3) is 5.69 Å².